The van der Waals surface area contributed by atoms with Crippen LogP contribution in [-0.2, 0) is 14.8 Å². The maximum atomic E-state index is 12.8. The van der Waals surface area contributed by atoms with Crippen LogP contribution in [0.5, 0.6) is 0 Å². The molecule has 2 N–H and O–H groups in total. The maximum absolute atomic E-state index is 12.8. The molecule has 0 aromatic carbocycles. The van der Waals surface area contributed by atoms with Gasteiger partial charge in [0.2, 0.25) is 10.0 Å². The van der Waals surface area contributed by atoms with Gasteiger partial charge in [-0.05, 0) is 69.3 Å². The minimum Gasteiger partial charge on any atom is -0.379 e. The summed E-state index contributed by atoms with van der Waals surface area (Å²) in [7, 11) is -3.45. The summed E-state index contributed by atoms with van der Waals surface area (Å²) in [6, 6.07) is 4.00. The molecule has 5 aliphatic rings. The van der Waals surface area contributed by atoms with Crippen molar-refractivity contribution in [3.8, 4) is 0 Å². The normalized spacial score (nSPS) is 36.4. The van der Waals surface area contributed by atoms with Gasteiger partial charge < -0.3 is 4.74 Å². The Morgan fingerprint density at radius 3 is 2.25 bits per heavy atom. The predicted octanol–water partition coefficient (Wildman–Crippen LogP) is 2.54. The smallest absolute Gasteiger partial charge is 0.272 e. The minimum absolute atomic E-state index is 0.322. The summed E-state index contributed by atoms with van der Waals surface area (Å²) < 4.78 is 32.3. The van der Waals surface area contributed by atoms with Crippen LogP contribution in [0.3, 0.4) is 0 Å². The molecule has 154 valence electrons. The lowest BCUT2D eigenvalue weighted by Gasteiger charge is -2.58. The molecule has 6 nitrogen and oxygen atoms in total. The molecule has 1 aliphatic heterocycles. The molecule has 28 heavy (non-hydrogen) atoms. The van der Waals surface area contributed by atoms with E-state index in [0.717, 1.165) is 23.6 Å². The first kappa shape index (κ1) is 18.8. The van der Waals surface area contributed by atoms with Gasteiger partial charge in [-0.2, -0.15) is 4.31 Å². The number of aromatic nitrogens is 1. The van der Waals surface area contributed by atoms with Gasteiger partial charge in [0.1, 0.15) is 11.1 Å². The molecular weight excluding hydrogens is 374 g/mol. The van der Waals surface area contributed by atoms with E-state index in [1.165, 1.54) is 42.8 Å². The van der Waals surface area contributed by atoms with Gasteiger partial charge in [0.05, 0.1) is 19.3 Å². The van der Waals surface area contributed by atoms with Gasteiger partial charge in [-0.1, -0.05) is 0 Å². The third-order valence-electron chi connectivity index (χ3n) is 7.77. The van der Waals surface area contributed by atoms with Crippen molar-refractivity contribution < 1.29 is 18.1 Å². The van der Waals surface area contributed by atoms with E-state index in [4.69, 9.17) is 4.74 Å². The van der Waals surface area contributed by atoms with Crippen molar-refractivity contribution in [1.29, 1.82) is 0 Å². The number of aromatic amines is 1. The van der Waals surface area contributed by atoms with Crippen molar-refractivity contribution in [2.75, 3.05) is 31.6 Å². The van der Waals surface area contributed by atoms with Crippen molar-refractivity contribution in [1.82, 2.24) is 4.31 Å². The SMILES string of the molecule is C[C@H](Nc1ccc(S(=O)(=O)N2CCOCC2)c[nH+]1)C12CC3CC(CC(C3)C1)C2. The molecule has 0 spiro atoms. The van der Waals surface area contributed by atoms with Gasteiger partial charge in [0, 0.05) is 24.6 Å². The number of rotatable bonds is 5. The Balaban J connectivity index is 1.29. The molecule has 0 amide bonds. The molecular formula is C21H32N3O3S+. The summed E-state index contributed by atoms with van der Waals surface area (Å²) in [6.07, 6.45) is 10.0. The Labute approximate surface area is 168 Å². The van der Waals surface area contributed by atoms with E-state index < -0.39 is 10.0 Å². The van der Waals surface area contributed by atoms with E-state index in [0.29, 0.717) is 42.7 Å². The summed E-state index contributed by atoms with van der Waals surface area (Å²) in [4.78, 5) is 3.52. The molecule has 4 saturated carbocycles. The molecule has 1 aromatic heterocycles. The minimum atomic E-state index is -3.45. The van der Waals surface area contributed by atoms with Gasteiger partial charge in [-0.3, -0.25) is 5.32 Å². The standard InChI is InChI=1S/C21H31N3O3S/c1-15(21-11-16-8-17(12-21)10-18(9-16)13-21)23-20-3-2-19(14-22-20)28(25,26)24-4-6-27-7-5-24/h2-3,14-18H,4-13H2,1H3,(H,22,23)/p+1/t15-,16?,17?,18?,21?/m0/s1. The summed E-state index contributed by atoms with van der Waals surface area (Å²) in [5, 5.41) is 3.67. The highest BCUT2D eigenvalue weighted by Crippen LogP contribution is 2.61. The number of nitrogens with zero attached hydrogens (tertiary/aromatic N) is 1. The molecule has 2 heterocycles. The van der Waals surface area contributed by atoms with Crippen LogP contribution in [0.4, 0.5) is 5.82 Å². The van der Waals surface area contributed by atoms with E-state index >= 15 is 0 Å². The Bertz CT molecular complexity index is 783. The lowest BCUT2D eigenvalue weighted by atomic mass is 9.48. The zero-order valence-electron chi connectivity index (χ0n) is 16.7. The fourth-order valence-electron chi connectivity index (χ4n) is 6.69. The van der Waals surface area contributed by atoms with Crippen LogP contribution < -0.4 is 10.3 Å². The van der Waals surface area contributed by atoms with Crippen molar-refractivity contribution in [2.45, 2.75) is 56.4 Å². The van der Waals surface area contributed by atoms with Crippen LogP contribution in [-0.4, -0.2) is 45.1 Å². The Hall–Kier alpha value is -1.18. The van der Waals surface area contributed by atoms with Crippen molar-refractivity contribution in [2.24, 2.45) is 23.2 Å². The van der Waals surface area contributed by atoms with E-state index in [1.54, 1.807) is 12.3 Å². The van der Waals surface area contributed by atoms with Gasteiger partial charge >= 0.3 is 0 Å². The van der Waals surface area contributed by atoms with Gasteiger partial charge in [-0.15, -0.1) is 0 Å². The average molecular weight is 407 g/mol. The highest BCUT2D eigenvalue weighted by Gasteiger charge is 2.54. The quantitative estimate of drug-likeness (QED) is 0.816. The number of hydrogen-bond acceptors (Lipinski definition) is 4. The first-order chi connectivity index (χ1) is 13.4. The third-order valence-corrected chi connectivity index (χ3v) is 9.66. The van der Waals surface area contributed by atoms with Gasteiger partial charge in [-0.25, -0.2) is 13.4 Å². The van der Waals surface area contributed by atoms with Crippen LogP contribution in [0.15, 0.2) is 23.2 Å². The molecule has 5 fully saturated rings. The van der Waals surface area contributed by atoms with Crippen molar-refractivity contribution in [3.05, 3.63) is 18.3 Å². The van der Waals surface area contributed by atoms with Crippen LogP contribution >= 0.6 is 0 Å². The highest BCUT2D eigenvalue weighted by atomic mass is 32.2. The lowest BCUT2D eigenvalue weighted by Crippen LogP contribution is -2.53. The zero-order valence-corrected chi connectivity index (χ0v) is 17.5. The monoisotopic (exact) mass is 406 g/mol. The Morgan fingerprint density at radius 2 is 1.71 bits per heavy atom. The van der Waals surface area contributed by atoms with Crippen molar-refractivity contribution in [3.63, 3.8) is 0 Å². The van der Waals surface area contributed by atoms with Crippen LogP contribution in [0.1, 0.15) is 45.4 Å². The number of pyridine rings is 1. The van der Waals surface area contributed by atoms with Crippen LogP contribution in [0.25, 0.3) is 0 Å². The fourth-order valence-corrected chi connectivity index (χ4v) is 8.07. The largest absolute Gasteiger partial charge is 0.379 e. The first-order valence-electron chi connectivity index (χ1n) is 10.8. The highest BCUT2D eigenvalue weighted by molar-refractivity contribution is 7.89. The van der Waals surface area contributed by atoms with E-state index in [-0.39, 0.29) is 0 Å². The van der Waals surface area contributed by atoms with Gasteiger partial charge in [0.25, 0.3) is 5.82 Å². The number of H-pyrrole nitrogens is 1. The number of ether oxygens (including phenoxy) is 1. The topological polar surface area (TPSA) is 72.8 Å². The number of sulfonamides is 1. The molecule has 7 heteroatoms. The second-order valence-electron chi connectivity index (χ2n) is 9.60. The molecule has 4 aliphatic carbocycles. The van der Waals surface area contributed by atoms with E-state index in [1.807, 2.05) is 6.07 Å². The summed E-state index contributed by atoms with van der Waals surface area (Å²) >= 11 is 0. The molecule has 1 atom stereocenters. The first-order valence-corrected chi connectivity index (χ1v) is 12.2. The summed E-state index contributed by atoms with van der Waals surface area (Å²) in [5.41, 5.74) is 0.418. The van der Waals surface area contributed by atoms with Crippen molar-refractivity contribution >= 4 is 15.8 Å². The van der Waals surface area contributed by atoms with Gasteiger partial charge in [0.15, 0.2) is 0 Å². The number of anilines is 1. The van der Waals surface area contributed by atoms with Crippen LogP contribution in [0.2, 0.25) is 0 Å². The maximum Gasteiger partial charge on any atom is 0.272 e. The van der Waals surface area contributed by atoms with E-state index in [9.17, 15) is 8.42 Å². The molecule has 1 saturated heterocycles. The Morgan fingerprint density at radius 1 is 1.11 bits per heavy atom. The molecule has 4 bridgehead atoms. The summed E-state index contributed by atoms with van der Waals surface area (Å²) in [6.45, 7) is 4.09. The number of hydrogen-bond donors (Lipinski definition) is 1. The average Bonchev–Trinajstić information content (AvgIpc) is 2.68. The lowest BCUT2D eigenvalue weighted by molar-refractivity contribution is -0.364. The third kappa shape index (κ3) is 3.25. The molecule has 0 radical (unpaired) electrons. The molecule has 0 unspecified atom stereocenters. The molecule has 6 rings (SSSR count). The second-order valence-corrected chi connectivity index (χ2v) is 11.5. The van der Waals surface area contributed by atoms with E-state index in [2.05, 4.69) is 17.2 Å². The summed E-state index contributed by atoms with van der Waals surface area (Å²) in [5.74, 6) is 3.70. The Kier molecular flexibility index (Phi) is 4.68. The molecule has 1 aromatic rings. The van der Waals surface area contributed by atoms with Crippen LogP contribution in [0, 0.1) is 23.2 Å². The number of morpholine rings is 1. The number of nitrogens with one attached hydrogen (secondary N) is 2. The predicted molar refractivity (Wildman–Crippen MR) is 106 cm³/mol. The second kappa shape index (κ2) is 6.96. The zero-order chi connectivity index (χ0) is 19.4. The fraction of sp³-hybridized carbons (Fsp3) is 0.762.